The predicted molar refractivity (Wildman–Crippen MR) is 124 cm³/mol. The van der Waals surface area contributed by atoms with E-state index in [1.54, 1.807) is 19.1 Å². The molecule has 0 saturated heterocycles. The molecule has 2 aromatic rings. The number of carbonyl (C=O) groups is 1. The number of rotatable bonds is 4. The van der Waals surface area contributed by atoms with Crippen LogP contribution in [0.1, 0.15) is 24.2 Å². The van der Waals surface area contributed by atoms with Crippen LogP contribution in [-0.2, 0) is 14.8 Å². The highest BCUT2D eigenvalue weighted by atomic mass is 32.2. The number of amides is 1. The Morgan fingerprint density at radius 3 is 2.67 bits per heavy atom. The molecule has 2 aromatic carbocycles. The molecule has 1 heterocycles. The monoisotopic (exact) mass is 479 g/mol. The molecule has 2 N–H and O–H groups in total. The average Bonchev–Trinajstić information content (AvgIpc) is 2.78. The van der Waals surface area contributed by atoms with Crippen molar-refractivity contribution in [2.24, 2.45) is 5.92 Å². The molecule has 0 saturated carbocycles. The van der Waals surface area contributed by atoms with Gasteiger partial charge in [-0.05, 0) is 43.2 Å². The number of anilines is 1. The van der Waals surface area contributed by atoms with Crippen molar-refractivity contribution >= 4 is 21.6 Å². The van der Waals surface area contributed by atoms with Crippen LogP contribution in [0.25, 0.3) is 0 Å². The molecule has 0 aromatic heterocycles. The van der Waals surface area contributed by atoms with Crippen LogP contribution < -0.4 is 14.8 Å². The Labute approximate surface area is 194 Å². The zero-order valence-electron chi connectivity index (χ0n) is 19.2. The number of hydrogen-bond donors (Lipinski definition) is 2. The van der Waals surface area contributed by atoms with E-state index in [4.69, 9.17) is 9.47 Å². The average molecular weight is 480 g/mol. The lowest BCUT2D eigenvalue weighted by Gasteiger charge is -2.30. The molecule has 0 bridgehead atoms. The first-order valence-electron chi connectivity index (χ1n) is 10.7. The first kappa shape index (κ1) is 24.9. The quantitative estimate of drug-likeness (QED) is 0.700. The van der Waals surface area contributed by atoms with Crippen LogP contribution in [0.5, 0.6) is 5.75 Å². The molecule has 33 heavy (non-hydrogen) atoms. The van der Waals surface area contributed by atoms with Gasteiger partial charge in [0.25, 0.3) is 15.9 Å². The Bertz CT molecular complexity index is 1100. The van der Waals surface area contributed by atoms with Crippen LogP contribution in [0.2, 0.25) is 0 Å². The molecule has 1 aliphatic heterocycles. The SMILES string of the molecule is CO[C@@H]1CN(C)C(=O)c2ccc(NS(=O)(=O)c3cccc(F)c3)cc2OC[C@H](C)NC[C@@H]1C. The molecule has 8 nitrogen and oxygen atoms in total. The summed E-state index contributed by atoms with van der Waals surface area (Å²) in [4.78, 5) is 14.5. The number of sulfonamides is 1. The van der Waals surface area contributed by atoms with E-state index in [2.05, 4.69) is 17.0 Å². The molecule has 0 radical (unpaired) electrons. The van der Waals surface area contributed by atoms with Crippen molar-refractivity contribution in [3.05, 3.63) is 53.8 Å². The van der Waals surface area contributed by atoms with Gasteiger partial charge in [-0.2, -0.15) is 0 Å². The van der Waals surface area contributed by atoms with E-state index in [0.29, 0.717) is 18.7 Å². The van der Waals surface area contributed by atoms with E-state index in [9.17, 15) is 17.6 Å². The maximum atomic E-state index is 13.5. The standard InChI is InChI=1S/C23H30FN3O5S/c1-15-12-25-16(2)14-32-21-11-18(26-33(29,30)19-7-5-6-17(24)10-19)8-9-20(21)23(28)27(3)13-22(15)31-4/h5-11,15-16,22,25-26H,12-14H2,1-4H3/t15-,16-,22+/m0/s1. The van der Waals surface area contributed by atoms with Crippen molar-refractivity contribution < 1.29 is 27.1 Å². The summed E-state index contributed by atoms with van der Waals surface area (Å²) in [6.45, 7) is 5.37. The third-order valence-corrected chi connectivity index (χ3v) is 6.96. The normalized spacial score (nSPS) is 22.5. The van der Waals surface area contributed by atoms with E-state index in [1.165, 1.54) is 36.4 Å². The molecule has 10 heteroatoms. The van der Waals surface area contributed by atoms with Gasteiger partial charge in [-0.1, -0.05) is 13.0 Å². The number of nitrogens with one attached hydrogen (secondary N) is 2. The van der Waals surface area contributed by atoms with E-state index in [-0.39, 0.29) is 46.9 Å². The van der Waals surface area contributed by atoms with E-state index >= 15 is 0 Å². The minimum atomic E-state index is -4.02. The van der Waals surface area contributed by atoms with Crippen molar-refractivity contribution in [3.8, 4) is 5.75 Å². The van der Waals surface area contributed by atoms with E-state index in [1.807, 2.05) is 6.92 Å². The lowest BCUT2D eigenvalue weighted by molar-refractivity contribution is 0.0281. The van der Waals surface area contributed by atoms with Crippen LogP contribution in [0.15, 0.2) is 47.4 Å². The van der Waals surface area contributed by atoms with Crippen molar-refractivity contribution in [3.63, 3.8) is 0 Å². The molecule has 0 unspecified atom stereocenters. The van der Waals surface area contributed by atoms with Gasteiger partial charge in [-0.15, -0.1) is 0 Å². The van der Waals surface area contributed by atoms with Crippen LogP contribution in [0.4, 0.5) is 10.1 Å². The largest absolute Gasteiger partial charge is 0.491 e. The zero-order chi connectivity index (χ0) is 24.2. The maximum Gasteiger partial charge on any atom is 0.261 e. The number of fused-ring (bicyclic) bond motifs is 1. The summed E-state index contributed by atoms with van der Waals surface area (Å²) in [5, 5.41) is 3.40. The Balaban J connectivity index is 1.92. The van der Waals surface area contributed by atoms with Gasteiger partial charge in [0.2, 0.25) is 0 Å². The van der Waals surface area contributed by atoms with Crippen LogP contribution in [-0.4, -0.2) is 65.2 Å². The Morgan fingerprint density at radius 2 is 1.97 bits per heavy atom. The summed E-state index contributed by atoms with van der Waals surface area (Å²) in [6.07, 6.45) is -0.153. The van der Waals surface area contributed by atoms with Crippen molar-refractivity contribution in [2.45, 2.75) is 30.9 Å². The summed E-state index contributed by atoms with van der Waals surface area (Å²) in [7, 11) is -0.708. The Hall–Kier alpha value is -2.69. The summed E-state index contributed by atoms with van der Waals surface area (Å²) in [5.74, 6) is -0.494. The maximum absolute atomic E-state index is 13.5. The molecule has 1 aliphatic rings. The van der Waals surface area contributed by atoms with Gasteiger partial charge in [0.15, 0.2) is 0 Å². The fourth-order valence-electron chi connectivity index (χ4n) is 3.57. The van der Waals surface area contributed by atoms with Crippen LogP contribution in [0, 0.1) is 11.7 Å². The lowest BCUT2D eigenvalue weighted by atomic mass is 10.0. The third-order valence-electron chi connectivity index (χ3n) is 5.59. The topological polar surface area (TPSA) is 97.0 Å². The third kappa shape index (κ3) is 6.21. The van der Waals surface area contributed by atoms with Gasteiger partial charge in [0.1, 0.15) is 18.2 Å². The van der Waals surface area contributed by atoms with Gasteiger partial charge in [0.05, 0.1) is 22.3 Å². The molecule has 0 aliphatic carbocycles. The van der Waals surface area contributed by atoms with Crippen molar-refractivity contribution in [1.29, 1.82) is 0 Å². The van der Waals surface area contributed by atoms with Gasteiger partial charge >= 0.3 is 0 Å². The number of benzene rings is 2. The van der Waals surface area contributed by atoms with Crippen molar-refractivity contribution in [1.82, 2.24) is 10.2 Å². The molecule has 3 atom stereocenters. The second-order valence-electron chi connectivity index (χ2n) is 8.33. The van der Waals surface area contributed by atoms with Gasteiger partial charge < -0.3 is 19.7 Å². The fourth-order valence-corrected chi connectivity index (χ4v) is 4.65. The lowest BCUT2D eigenvalue weighted by Crippen LogP contribution is -2.44. The van der Waals surface area contributed by atoms with Gasteiger partial charge in [-0.25, -0.2) is 12.8 Å². The van der Waals surface area contributed by atoms with E-state index in [0.717, 1.165) is 6.07 Å². The summed E-state index contributed by atoms with van der Waals surface area (Å²) in [6, 6.07) is 9.18. The Kier molecular flexibility index (Phi) is 7.93. The first-order valence-corrected chi connectivity index (χ1v) is 12.2. The number of methoxy groups -OCH3 is 1. The smallest absolute Gasteiger partial charge is 0.261 e. The highest BCUT2D eigenvalue weighted by Gasteiger charge is 2.26. The number of ether oxygens (including phenoxy) is 2. The highest BCUT2D eigenvalue weighted by Crippen LogP contribution is 2.27. The Morgan fingerprint density at radius 1 is 1.21 bits per heavy atom. The number of nitrogens with zero attached hydrogens (tertiary/aromatic N) is 1. The number of hydrogen-bond acceptors (Lipinski definition) is 6. The zero-order valence-corrected chi connectivity index (χ0v) is 20.0. The fraction of sp³-hybridized carbons (Fsp3) is 0.435. The van der Waals surface area contributed by atoms with Crippen LogP contribution >= 0.6 is 0 Å². The van der Waals surface area contributed by atoms with Gasteiger partial charge in [0, 0.05) is 39.4 Å². The summed E-state index contributed by atoms with van der Waals surface area (Å²) in [5.41, 5.74) is 0.506. The first-order chi connectivity index (χ1) is 15.6. The molecule has 0 spiro atoms. The number of halogens is 1. The van der Waals surface area contributed by atoms with Gasteiger partial charge in [-0.3, -0.25) is 9.52 Å². The molecule has 180 valence electrons. The summed E-state index contributed by atoms with van der Waals surface area (Å²) >= 11 is 0. The highest BCUT2D eigenvalue weighted by molar-refractivity contribution is 7.92. The molecule has 3 rings (SSSR count). The molecular weight excluding hydrogens is 449 g/mol. The van der Waals surface area contributed by atoms with Crippen LogP contribution in [0.3, 0.4) is 0 Å². The minimum absolute atomic E-state index is 0.0160. The minimum Gasteiger partial charge on any atom is -0.491 e. The van der Waals surface area contributed by atoms with Crippen molar-refractivity contribution in [2.75, 3.05) is 38.6 Å². The molecule has 1 amide bonds. The number of likely N-dealkylation sites (N-methyl/N-ethyl adjacent to an activating group) is 1. The second kappa shape index (κ2) is 10.5. The number of carbonyl (C=O) groups excluding carboxylic acids is 1. The predicted octanol–water partition coefficient (Wildman–Crippen LogP) is 2.72. The second-order valence-corrected chi connectivity index (χ2v) is 10.0. The molecular formula is C23H30FN3O5S. The molecule has 0 fully saturated rings. The van der Waals surface area contributed by atoms with E-state index < -0.39 is 15.8 Å². The summed E-state index contributed by atoms with van der Waals surface area (Å²) < 4.78 is 52.8.